The van der Waals surface area contributed by atoms with Crippen LogP contribution in [0.5, 0.6) is 5.75 Å². The van der Waals surface area contributed by atoms with Crippen LogP contribution in [-0.2, 0) is 6.42 Å². The molecular formula is C18H24O. The number of unbranched alkanes of at least 4 members (excludes halogenated alkanes) is 5. The molecule has 0 aliphatic heterocycles. The van der Waals surface area contributed by atoms with Crippen molar-refractivity contribution in [2.45, 2.75) is 51.9 Å². The van der Waals surface area contributed by atoms with Crippen molar-refractivity contribution < 1.29 is 5.11 Å². The molecule has 0 aromatic heterocycles. The molecule has 0 saturated heterocycles. The van der Waals surface area contributed by atoms with Gasteiger partial charge in [0, 0.05) is 0 Å². The number of hydrogen-bond acceptors (Lipinski definition) is 1. The van der Waals surface area contributed by atoms with E-state index in [0.717, 1.165) is 11.8 Å². The van der Waals surface area contributed by atoms with E-state index in [9.17, 15) is 5.11 Å². The Morgan fingerprint density at radius 1 is 0.895 bits per heavy atom. The van der Waals surface area contributed by atoms with Gasteiger partial charge in [0.2, 0.25) is 0 Å². The Balaban J connectivity index is 1.96. The van der Waals surface area contributed by atoms with Crippen molar-refractivity contribution in [1.82, 2.24) is 0 Å². The van der Waals surface area contributed by atoms with E-state index in [1.54, 1.807) is 0 Å². The van der Waals surface area contributed by atoms with Gasteiger partial charge in [-0.2, -0.15) is 0 Å². The zero-order valence-electron chi connectivity index (χ0n) is 11.9. The van der Waals surface area contributed by atoms with Gasteiger partial charge in [0.05, 0.1) is 0 Å². The van der Waals surface area contributed by atoms with Crippen LogP contribution in [-0.4, -0.2) is 5.11 Å². The molecule has 0 heterocycles. The van der Waals surface area contributed by atoms with E-state index in [4.69, 9.17) is 0 Å². The number of aryl methyl sites for hydroxylation is 1. The Morgan fingerprint density at radius 3 is 2.47 bits per heavy atom. The van der Waals surface area contributed by atoms with E-state index in [1.807, 2.05) is 18.2 Å². The summed E-state index contributed by atoms with van der Waals surface area (Å²) >= 11 is 0. The molecule has 0 aliphatic rings. The summed E-state index contributed by atoms with van der Waals surface area (Å²) in [7, 11) is 0. The second kappa shape index (κ2) is 7.18. The quantitative estimate of drug-likeness (QED) is 0.653. The fourth-order valence-corrected chi connectivity index (χ4v) is 2.68. The third-order valence-electron chi connectivity index (χ3n) is 3.73. The maximum absolute atomic E-state index is 9.78. The SMILES string of the molecule is CCCCCCCCc1cc(O)cc2ccccc12. The topological polar surface area (TPSA) is 20.2 Å². The summed E-state index contributed by atoms with van der Waals surface area (Å²) in [6.07, 6.45) is 8.94. The first-order valence-corrected chi connectivity index (χ1v) is 7.52. The number of phenolic OH excluding ortho intramolecular Hbond substituents is 1. The van der Waals surface area contributed by atoms with Gasteiger partial charge >= 0.3 is 0 Å². The van der Waals surface area contributed by atoms with Crippen LogP contribution in [0.25, 0.3) is 10.8 Å². The summed E-state index contributed by atoms with van der Waals surface area (Å²) in [5, 5.41) is 12.2. The molecule has 0 atom stereocenters. The minimum Gasteiger partial charge on any atom is -0.508 e. The number of hydrogen-bond donors (Lipinski definition) is 1. The number of aromatic hydroxyl groups is 1. The molecule has 0 aliphatic carbocycles. The second-order valence-electron chi connectivity index (χ2n) is 5.34. The highest BCUT2D eigenvalue weighted by Crippen LogP contribution is 2.26. The Bertz CT molecular complexity index is 516. The van der Waals surface area contributed by atoms with Crippen molar-refractivity contribution >= 4 is 10.8 Å². The zero-order chi connectivity index (χ0) is 13.5. The number of benzene rings is 2. The molecule has 19 heavy (non-hydrogen) atoms. The number of rotatable bonds is 7. The zero-order valence-corrected chi connectivity index (χ0v) is 11.9. The Morgan fingerprint density at radius 2 is 1.63 bits per heavy atom. The van der Waals surface area contributed by atoms with Gasteiger partial charge in [-0.15, -0.1) is 0 Å². The third-order valence-corrected chi connectivity index (χ3v) is 3.73. The first-order valence-electron chi connectivity index (χ1n) is 7.52. The average molecular weight is 256 g/mol. The van der Waals surface area contributed by atoms with Gasteiger partial charge in [-0.05, 0) is 41.3 Å². The Kier molecular flexibility index (Phi) is 5.26. The molecule has 1 heteroatoms. The van der Waals surface area contributed by atoms with Crippen LogP contribution in [0.1, 0.15) is 51.0 Å². The average Bonchev–Trinajstić information content (AvgIpc) is 2.42. The fraction of sp³-hybridized carbons (Fsp3) is 0.444. The molecule has 2 aromatic carbocycles. The normalized spacial score (nSPS) is 11.0. The van der Waals surface area contributed by atoms with Crippen molar-refractivity contribution in [3.8, 4) is 5.75 Å². The lowest BCUT2D eigenvalue weighted by Crippen LogP contribution is -1.89. The lowest BCUT2D eigenvalue weighted by Gasteiger charge is -2.08. The number of phenols is 1. The molecule has 1 nitrogen and oxygen atoms in total. The van der Waals surface area contributed by atoms with E-state index in [0.29, 0.717) is 5.75 Å². The predicted molar refractivity (Wildman–Crippen MR) is 82.7 cm³/mol. The largest absolute Gasteiger partial charge is 0.508 e. The minimum atomic E-state index is 0.389. The highest BCUT2D eigenvalue weighted by Gasteiger charge is 2.03. The Hall–Kier alpha value is -1.50. The summed E-state index contributed by atoms with van der Waals surface area (Å²) < 4.78 is 0. The second-order valence-corrected chi connectivity index (χ2v) is 5.34. The molecule has 0 unspecified atom stereocenters. The van der Waals surface area contributed by atoms with Crippen LogP contribution < -0.4 is 0 Å². The molecule has 1 N–H and O–H groups in total. The summed E-state index contributed by atoms with van der Waals surface area (Å²) in [6, 6.07) is 12.1. The molecule has 0 bridgehead atoms. The van der Waals surface area contributed by atoms with Crippen molar-refractivity contribution in [3.05, 3.63) is 42.0 Å². The van der Waals surface area contributed by atoms with Gasteiger partial charge in [-0.1, -0.05) is 63.3 Å². The molecule has 2 aromatic rings. The van der Waals surface area contributed by atoms with E-state index in [2.05, 4.69) is 25.1 Å². The van der Waals surface area contributed by atoms with Gasteiger partial charge in [-0.25, -0.2) is 0 Å². The molecule has 0 amide bonds. The van der Waals surface area contributed by atoms with Crippen LogP contribution in [0, 0.1) is 0 Å². The first-order chi connectivity index (χ1) is 9.31. The predicted octanol–water partition coefficient (Wildman–Crippen LogP) is 5.45. The lowest BCUT2D eigenvalue weighted by molar-refractivity contribution is 0.475. The van der Waals surface area contributed by atoms with E-state index < -0.39 is 0 Å². The standard InChI is InChI=1S/C18H24O/c1-2-3-4-5-6-7-10-15-13-17(19)14-16-11-8-9-12-18(15)16/h8-9,11-14,19H,2-7,10H2,1H3. The molecule has 0 radical (unpaired) electrons. The maximum Gasteiger partial charge on any atom is 0.116 e. The first kappa shape index (κ1) is 13.9. The van der Waals surface area contributed by atoms with Crippen LogP contribution in [0.2, 0.25) is 0 Å². The van der Waals surface area contributed by atoms with Gasteiger partial charge in [0.25, 0.3) is 0 Å². The highest BCUT2D eigenvalue weighted by atomic mass is 16.3. The van der Waals surface area contributed by atoms with E-state index in [-0.39, 0.29) is 0 Å². The van der Waals surface area contributed by atoms with Crippen LogP contribution in [0.4, 0.5) is 0 Å². The Labute approximate surface area is 116 Å². The summed E-state index contributed by atoms with van der Waals surface area (Å²) in [6.45, 7) is 2.25. The van der Waals surface area contributed by atoms with Crippen molar-refractivity contribution in [2.75, 3.05) is 0 Å². The van der Waals surface area contributed by atoms with Crippen molar-refractivity contribution in [2.24, 2.45) is 0 Å². The summed E-state index contributed by atoms with van der Waals surface area (Å²) in [5.74, 6) is 0.389. The maximum atomic E-state index is 9.78. The van der Waals surface area contributed by atoms with E-state index in [1.165, 1.54) is 49.5 Å². The smallest absolute Gasteiger partial charge is 0.116 e. The third kappa shape index (κ3) is 3.99. The van der Waals surface area contributed by atoms with Crippen LogP contribution >= 0.6 is 0 Å². The molecule has 0 spiro atoms. The van der Waals surface area contributed by atoms with Crippen molar-refractivity contribution in [1.29, 1.82) is 0 Å². The summed E-state index contributed by atoms with van der Waals surface area (Å²) in [5.41, 5.74) is 1.28. The van der Waals surface area contributed by atoms with Crippen LogP contribution in [0.15, 0.2) is 36.4 Å². The van der Waals surface area contributed by atoms with Gasteiger partial charge < -0.3 is 5.11 Å². The van der Waals surface area contributed by atoms with Gasteiger partial charge in [0.15, 0.2) is 0 Å². The molecular weight excluding hydrogens is 232 g/mol. The summed E-state index contributed by atoms with van der Waals surface area (Å²) in [4.78, 5) is 0. The van der Waals surface area contributed by atoms with Gasteiger partial charge in [0.1, 0.15) is 5.75 Å². The lowest BCUT2D eigenvalue weighted by atomic mass is 9.98. The molecule has 0 saturated carbocycles. The van der Waals surface area contributed by atoms with E-state index >= 15 is 0 Å². The van der Waals surface area contributed by atoms with Crippen LogP contribution in [0.3, 0.4) is 0 Å². The molecule has 2 rings (SSSR count). The molecule has 0 fully saturated rings. The molecule has 102 valence electrons. The highest BCUT2D eigenvalue weighted by molar-refractivity contribution is 5.87. The number of fused-ring (bicyclic) bond motifs is 1. The fourth-order valence-electron chi connectivity index (χ4n) is 2.68. The monoisotopic (exact) mass is 256 g/mol. The van der Waals surface area contributed by atoms with Crippen molar-refractivity contribution in [3.63, 3.8) is 0 Å². The minimum absolute atomic E-state index is 0.389. The van der Waals surface area contributed by atoms with Gasteiger partial charge in [-0.3, -0.25) is 0 Å².